The summed E-state index contributed by atoms with van der Waals surface area (Å²) in [5.74, 6) is 1.36. The second-order valence-corrected chi connectivity index (χ2v) is 9.18. The van der Waals surface area contributed by atoms with Crippen LogP contribution in [0.5, 0.6) is 11.5 Å². The third-order valence-electron chi connectivity index (χ3n) is 5.61. The molecule has 4 rings (SSSR count). The summed E-state index contributed by atoms with van der Waals surface area (Å²) in [5.41, 5.74) is 12.8. The number of aromatic nitrogens is 1. The number of phenolic OH excluding ortho intramolecular Hbond substituents is 1. The molecule has 188 valence electrons. The summed E-state index contributed by atoms with van der Waals surface area (Å²) in [6.07, 6.45) is 3.09. The summed E-state index contributed by atoms with van der Waals surface area (Å²) in [5, 5.41) is 20.2. The third kappa shape index (κ3) is 6.20. The topological polar surface area (TPSA) is 110 Å². The molecular formula is C28H28N6O2S. The fourth-order valence-corrected chi connectivity index (χ4v) is 4.59. The van der Waals surface area contributed by atoms with Crippen molar-refractivity contribution in [3.63, 3.8) is 0 Å². The Hall–Kier alpha value is -4.50. The molecule has 3 aromatic carbocycles. The van der Waals surface area contributed by atoms with Gasteiger partial charge < -0.3 is 15.6 Å². The van der Waals surface area contributed by atoms with E-state index in [-0.39, 0.29) is 5.75 Å². The summed E-state index contributed by atoms with van der Waals surface area (Å²) < 4.78 is 7.52. The van der Waals surface area contributed by atoms with Crippen molar-refractivity contribution >= 4 is 35.4 Å². The molecule has 0 aliphatic heterocycles. The Labute approximate surface area is 219 Å². The first-order chi connectivity index (χ1) is 17.9. The minimum atomic E-state index is 0.186. The van der Waals surface area contributed by atoms with E-state index in [0.717, 1.165) is 44.2 Å². The number of aryl methyl sites for hydroxylation is 3. The Morgan fingerprint density at radius 2 is 1.68 bits per heavy atom. The lowest BCUT2D eigenvalue weighted by Crippen LogP contribution is -2.16. The van der Waals surface area contributed by atoms with Gasteiger partial charge in [-0.3, -0.25) is 4.57 Å². The van der Waals surface area contributed by atoms with Crippen molar-refractivity contribution in [2.75, 3.05) is 7.11 Å². The van der Waals surface area contributed by atoms with Crippen molar-refractivity contribution < 1.29 is 9.84 Å². The van der Waals surface area contributed by atoms with E-state index in [1.807, 2.05) is 36.4 Å². The van der Waals surface area contributed by atoms with Crippen LogP contribution in [0.25, 0.3) is 5.69 Å². The van der Waals surface area contributed by atoms with E-state index < -0.39 is 0 Å². The van der Waals surface area contributed by atoms with Crippen molar-refractivity contribution in [3.8, 4) is 17.2 Å². The van der Waals surface area contributed by atoms with Gasteiger partial charge in [-0.2, -0.15) is 5.10 Å². The predicted molar refractivity (Wildman–Crippen MR) is 151 cm³/mol. The molecule has 37 heavy (non-hydrogen) atoms. The van der Waals surface area contributed by atoms with Crippen LogP contribution in [0.4, 0.5) is 5.69 Å². The van der Waals surface area contributed by atoms with Gasteiger partial charge in [0.2, 0.25) is 4.80 Å². The van der Waals surface area contributed by atoms with Crippen LogP contribution >= 0.6 is 11.3 Å². The molecule has 0 aliphatic rings. The number of ether oxygens (including phenoxy) is 1. The van der Waals surface area contributed by atoms with Gasteiger partial charge in [0.15, 0.2) is 0 Å². The summed E-state index contributed by atoms with van der Waals surface area (Å²) in [6, 6.07) is 18.1. The number of hydrogen-bond donors (Lipinski definition) is 2. The van der Waals surface area contributed by atoms with Crippen LogP contribution < -0.4 is 15.3 Å². The van der Waals surface area contributed by atoms with Gasteiger partial charge in [-0.1, -0.05) is 24.3 Å². The maximum Gasteiger partial charge on any atom is 0.215 e. The minimum Gasteiger partial charge on any atom is -0.508 e. The molecule has 0 radical (unpaired) electrons. The zero-order valence-corrected chi connectivity index (χ0v) is 21.9. The highest BCUT2D eigenvalue weighted by Crippen LogP contribution is 2.25. The molecule has 0 amide bonds. The maximum atomic E-state index is 9.33. The third-order valence-corrected chi connectivity index (χ3v) is 6.55. The van der Waals surface area contributed by atoms with Gasteiger partial charge in [-0.25, -0.2) is 9.98 Å². The van der Waals surface area contributed by atoms with Crippen molar-refractivity contribution in [2.45, 2.75) is 20.8 Å². The number of thiazole rings is 1. The number of phenols is 1. The van der Waals surface area contributed by atoms with Crippen molar-refractivity contribution in [2.24, 2.45) is 25.9 Å². The molecule has 8 nitrogen and oxygen atoms in total. The molecular weight excluding hydrogens is 484 g/mol. The standard InChI is InChI=1S/C28H28N6O2S/c1-18-13-25(36-4)14-19(2)26(18)34-20(3)16-37-28(34)33-32-15-21-5-7-22(8-6-21)27(29)31-17-30-23-9-11-24(35)12-10-23/h5-17,35H,1-4H3,(H2,29,30,31)/b32-15-,33-28+. The molecule has 0 saturated carbocycles. The molecule has 0 unspecified atom stereocenters. The van der Waals surface area contributed by atoms with E-state index in [0.29, 0.717) is 11.5 Å². The largest absolute Gasteiger partial charge is 0.508 e. The quantitative estimate of drug-likeness (QED) is 0.202. The lowest BCUT2D eigenvalue weighted by atomic mass is 10.1. The fourth-order valence-electron chi connectivity index (χ4n) is 3.78. The van der Waals surface area contributed by atoms with Crippen LogP contribution in [0, 0.1) is 20.8 Å². The van der Waals surface area contributed by atoms with Gasteiger partial charge in [-0.05, 0) is 73.9 Å². The fraction of sp³-hybridized carbons (Fsp3) is 0.143. The minimum absolute atomic E-state index is 0.186. The summed E-state index contributed by atoms with van der Waals surface area (Å²) in [6.45, 7) is 6.19. The van der Waals surface area contributed by atoms with E-state index in [4.69, 9.17) is 10.5 Å². The van der Waals surface area contributed by atoms with Crippen LogP contribution in [0.2, 0.25) is 0 Å². The number of aromatic hydroxyl groups is 1. The Kier molecular flexibility index (Phi) is 7.95. The Bertz CT molecular complexity index is 1520. The lowest BCUT2D eigenvalue weighted by molar-refractivity contribution is 0.414. The molecule has 0 spiro atoms. The predicted octanol–water partition coefficient (Wildman–Crippen LogP) is 5.18. The number of nitrogens with zero attached hydrogens (tertiary/aromatic N) is 5. The molecule has 1 aromatic heterocycles. The van der Waals surface area contributed by atoms with Crippen LogP contribution in [0.3, 0.4) is 0 Å². The molecule has 0 fully saturated rings. The van der Waals surface area contributed by atoms with Gasteiger partial charge in [0.05, 0.1) is 24.7 Å². The van der Waals surface area contributed by atoms with E-state index in [1.54, 1.807) is 48.9 Å². The van der Waals surface area contributed by atoms with Gasteiger partial charge in [0.1, 0.15) is 23.7 Å². The van der Waals surface area contributed by atoms with Crippen molar-refractivity contribution in [3.05, 3.63) is 98.8 Å². The van der Waals surface area contributed by atoms with Crippen LogP contribution in [-0.2, 0) is 0 Å². The molecule has 0 atom stereocenters. The first kappa shape index (κ1) is 25.6. The molecule has 0 bridgehead atoms. The maximum absolute atomic E-state index is 9.33. The second-order valence-electron chi connectivity index (χ2n) is 8.35. The molecule has 0 saturated heterocycles. The van der Waals surface area contributed by atoms with E-state index >= 15 is 0 Å². The zero-order valence-electron chi connectivity index (χ0n) is 21.1. The normalized spacial score (nSPS) is 12.6. The Morgan fingerprint density at radius 1 is 1.00 bits per heavy atom. The molecule has 1 heterocycles. The molecule has 4 aromatic rings. The van der Waals surface area contributed by atoms with Crippen molar-refractivity contribution in [1.82, 2.24) is 4.57 Å². The second kappa shape index (κ2) is 11.5. The van der Waals surface area contributed by atoms with E-state index in [1.165, 1.54) is 6.34 Å². The number of nitrogens with two attached hydrogens (primary N) is 1. The highest BCUT2D eigenvalue weighted by atomic mass is 32.1. The molecule has 0 aliphatic carbocycles. The van der Waals surface area contributed by atoms with Gasteiger partial charge >= 0.3 is 0 Å². The van der Waals surface area contributed by atoms with Crippen LogP contribution in [0.15, 0.2) is 86.2 Å². The van der Waals surface area contributed by atoms with Gasteiger partial charge in [0.25, 0.3) is 0 Å². The van der Waals surface area contributed by atoms with E-state index in [9.17, 15) is 5.11 Å². The van der Waals surface area contributed by atoms with Crippen LogP contribution in [-0.4, -0.2) is 35.2 Å². The van der Waals surface area contributed by atoms with Crippen LogP contribution in [0.1, 0.15) is 27.9 Å². The summed E-state index contributed by atoms with van der Waals surface area (Å²) in [4.78, 5) is 9.18. The number of methoxy groups -OCH3 is 1. The number of amidine groups is 1. The first-order valence-corrected chi connectivity index (χ1v) is 12.4. The number of hydrogen-bond acceptors (Lipinski definition) is 6. The molecule has 3 N–H and O–H groups in total. The average Bonchev–Trinajstić information content (AvgIpc) is 3.24. The monoisotopic (exact) mass is 512 g/mol. The summed E-state index contributed by atoms with van der Waals surface area (Å²) in [7, 11) is 1.67. The van der Waals surface area contributed by atoms with Gasteiger partial charge in [-0.15, -0.1) is 16.4 Å². The lowest BCUT2D eigenvalue weighted by Gasteiger charge is -2.14. The number of rotatable bonds is 7. The Balaban J connectivity index is 1.51. The zero-order chi connectivity index (χ0) is 26.4. The SMILES string of the molecule is COc1cc(C)c(-n2c(C)cs/c2=N/N=C\c2ccc(C(N)=NC=Nc3ccc(O)cc3)cc2)c(C)c1. The van der Waals surface area contributed by atoms with E-state index in [2.05, 4.69) is 50.9 Å². The molecule has 9 heteroatoms. The van der Waals surface area contributed by atoms with Gasteiger partial charge in [0, 0.05) is 16.6 Å². The smallest absolute Gasteiger partial charge is 0.215 e. The number of aliphatic imine (C=N–C) groups is 2. The highest BCUT2D eigenvalue weighted by Gasteiger charge is 2.12. The average molecular weight is 513 g/mol. The van der Waals surface area contributed by atoms with Crippen molar-refractivity contribution in [1.29, 1.82) is 0 Å². The highest BCUT2D eigenvalue weighted by molar-refractivity contribution is 7.07. The first-order valence-electron chi connectivity index (χ1n) is 11.5. The summed E-state index contributed by atoms with van der Waals surface area (Å²) >= 11 is 1.54. The Morgan fingerprint density at radius 3 is 2.32 bits per heavy atom. The number of benzene rings is 3.